The highest BCUT2D eigenvalue weighted by atomic mass is 32.1. The summed E-state index contributed by atoms with van der Waals surface area (Å²) in [7, 11) is 1.16. The van der Waals surface area contributed by atoms with E-state index in [9.17, 15) is 14.4 Å². The van der Waals surface area contributed by atoms with Gasteiger partial charge in [-0.15, -0.1) is 11.3 Å². The summed E-state index contributed by atoms with van der Waals surface area (Å²) < 4.78 is 9.69. The van der Waals surface area contributed by atoms with Gasteiger partial charge in [0.2, 0.25) is 0 Å². The van der Waals surface area contributed by atoms with Crippen LogP contribution in [0.15, 0.2) is 35.7 Å². The van der Waals surface area contributed by atoms with Gasteiger partial charge in [-0.3, -0.25) is 14.9 Å². The van der Waals surface area contributed by atoms with Gasteiger partial charge in [-0.25, -0.2) is 4.79 Å². The Morgan fingerprint density at radius 3 is 2.42 bits per heavy atom. The van der Waals surface area contributed by atoms with E-state index in [0.29, 0.717) is 22.9 Å². The number of thiophene rings is 1. The van der Waals surface area contributed by atoms with Crippen molar-refractivity contribution in [2.45, 2.75) is 6.92 Å². The fourth-order valence-corrected chi connectivity index (χ4v) is 2.62. The average molecular weight is 348 g/mol. The summed E-state index contributed by atoms with van der Waals surface area (Å²) in [5, 5.41) is 6.68. The second-order valence-electron chi connectivity index (χ2n) is 4.52. The molecule has 0 aliphatic heterocycles. The van der Waals surface area contributed by atoms with Crippen molar-refractivity contribution in [2.24, 2.45) is 0 Å². The number of rotatable bonds is 5. The van der Waals surface area contributed by atoms with Crippen molar-refractivity contribution in [3.05, 3.63) is 46.8 Å². The normalized spacial score (nSPS) is 9.92. The van der Waals surface area contributed by atoms with Gasteiger partial charge in [0.05, 0.1) is 19.3 Å². The van der Waals surface area contributed by atoms with Crippen LogP contribution in [0.4, 0.5) is 9.80 Å². The molecule has 8 heteroatoms. The standard InChI is InChI=1S/C16H16N2O5S/c1-3-23-11-6-4-10(5-7-11)13(19)17-15-12(8-9-24-15)14(20)18-16(21)22-2/h4-9H,3H2,1-2H3,(H,17,19)(H,18,20,21). The van der Waals surface area contributed by atoms with Crippen LogP contribution in [0.1, 0.15) is 27.6 Å². The monoisotopic (exact) mass is 348 g/mol. The van der Waals surface area contributed by atoms with Gasteiger partial charge in [0.15, 0.2) is 0 Å². The first-order valence-corrected chi connectivity index (χ1v) is 7.94. The van der Waals surface area contributed by atoms with Gasteiger partial charge in [-0.1, -0.05) is 0 Å². The van der Waals surface area contributed by atoms with Crippen LogP contribution >= 0.6 is 11.3 Å². The van der Waals surface area contributed by atoms with Crippen molar-refractivity contribution in [1.29, 1.82) is 0 Å². The minimum absolute atomic E-state index is 0.185. The zero-order valence-electron chi connectivity index (χ0n) is 13.1. The predicted molar refractivity (Wildman–Crippen MR) is 89.8 cm³/mol. The number of carbonyl (C=O) groups is 3. The first-order valence-electron chi connectivity index (χ1n) is 7.06. The number of amides is 3. The maximum atomic E-state index is 12.3. The topological polar surface area (TPSA) is 93.7 Å². The third-order valence-electron chi connectivity index (χ3n) is 2.97. The fourth-order valence-electron chi connectivity index (χ4n) is 1.84. The van der Waals surface area contributed by atoms with Gasteiger partial charge in [-0.05, 0) is 42.6 Å². The molecule has 3 amide bonds. The number of alkyl carbamates (subject to hydrolysis) is 1. The van der Waals surface area contributed by atoms with Crippen LogP contribution in [-0.2, 0) is 4.74 Å². The number of anilines is 1. The lowest BCUT2D eigenvalue weighted by Crippen LogP contribution is -2.30. The van der Waals surface area contributed by atoms with E-state index >= 15 is 0 Å². The molecule has 24 heavy (non-hydrogen) atoms. The minimum atomic E-state index is -0.866. The molecule has 2 rings (SSSR count). The molecule has 0 unspecified atom stereocenters. The van der Waals surface area contributed by atoms with Gasteiger partial charge in [0.25, 0.3) is 11.8 Å². The molecule has 2 N–H and O–H groups in total. The Bertz CT molecular complexity index is 739. The summed E-state index contributed by atoms with van der Waals surface area (Å²) in [5.74, 6) is -0.346. The van der Waals surface area contributed by atoms with E-state index in [2.05, 4.69) is 10.1 Å². The van der Waals surface area contributed by atoms with Gasteiger partial charge < -0.3 is 14.8 Å². The number of benzene rings is 1. The molecular weight excluding hydrogens is 332 g/mol. The molecule has 1 aromatic heterocycles. The first kappa shape index (κ1) is 17.5. The molecular formula is C16H16N2O5S. The van der Waals surface area contributed by atoms with Gasteiger partial charge in [0.1, 0.15) is 10.8 Å². The molecule has 0 bridgehead atoms. The summed E-state index contributed by atoms with van der Waals surface area (Å²) in [6, 6.07) is 8.15. The zero-order chi connectivity index (χ0) is 17.5. The molecule has 0 fully saturated rings. The van der Waals surface area contributed by atoms with E-state index in [1.807, 2.05) is 12.2 Å². The maximum absolute atomic E-state index is 12.3. The molecule has 0 spiro atoms. The van der Waals surface area contributed by atoms with Crippen molar-refractivity contribution < 1.29 is 23.9 Å². The van der Waals surface area contributed by atoms with Crippen LogP contribution in [0, 0.1) is 0 Å². The number of imide groups is 1. The van der Waals surface area contributed by atoms with Gasteiger partial charge in [0, 0.05) is 5.56 Å². The van der Waals surface area contributed by atoms with E-state index in [-0.39, 0.29) is 11.5 Å². The summed E-state index contributed by atoms with van der Waals surface area (Å²) >= 11 is 1.18. The Kier molecular flexibility index (Phi) is 5.91. The molecule has 126 valence electrons. The van der Waals surface area contributed by atoms with Crippen LogP contribution < -0.4 is 15.4 Å². The molecule has 1 aromatic carbocycles. The second kappa shape index (κ2) is 8.11. The maximum Gasteiger partial charge on any atom is 0.413 e. The number of ether oxygens (including phenoxy) is 2. The largest absolute Gasteiger partial charge is 0.494 e. The van der Waals surface area contributed by atoms with Crippen molar-refractivity contribution in [1.82, 2.24) is 5.32 Å². The number of hydrogen-bond acceptors (Lipinski definition) is 6. The third-order valence-corrected chi connectivity index (χ3v) is 3.80. The fraction of sp³-hybridized carbons (Fsp3) is 0.188. The van der Waals surface area contributed by atoms with Gasteiger partial charge >= 0.3 is 6.09 Å². The lowest BCUT2D eigenvalue weighted by molar-refractivity contribution is 0.0938. The number of nitrogens with one attached hydrogen (secondary N) is 2. The number of methoxy groups -OCH3 is 1. The molecule has 0 saturated heterocycles. The molecule has 0 radical (unpaired) electrons. The summed E-state index contributed by atoms with van der Waals surface area (Å²) in [6.45, 7) is 2.41. The average Bonchev–Trinajstić information content (AvgIpc) is 3.03. The van der Waals surface area contributed by atoms with Crippen LogP contribution in [0.5, 0.6) is 5.75 Å². The van der Waals surface area contributed by atoms with Crippen molar-refractivity contribution in [2.75, 3.05) is 19.0 Å². The molecule has 0 atom stereocenters. The molecule has 7 nitrogen and oxygen atoms in total. The number of hydrogen-bond donors (Lipinski definition) is 2. The smallest absolute Gasteiger partial charge is 0.413 e. The third kappa shape index (κ3) is 4.32. The summed E-state index contributed by atoms with van der Waals surface area (Å²) in [4.78, 5) is 35.3. The first-order chi connectivity index (χ1) is 11.5. The van der Waals surface area contributed by atoms with E-state index < -0.39 is 12.0 Å². The van der Waals surface area contributed by atoms with Crippen LogP contribution in [-0.4, -0.2) is 31.6 Å². The zero-order valence-corrected chi connectivity index (χ0v) is 13.9. The lowest BCUT2D eigenvalue weighted by atomic mass is 10.2. The highest BCUT2D eigenvalue weighted by molar-refractivity contribution is 7.14. The van der Waals surface area contributed by atoms with Crippen LogP contribution in [0.3, 0.4) is 0 Å². The molecule has 0 aliphatic rings. The molecule has 0 saturated carbocycles. The van der Waals surface area contributed by atoms with Gasteiger partial charge in [-0.2, -0.15) is 0 Å². The minimum Gasteiger partial charge on any atom is -0.494 e. The van der Waals surface area contributed by atoms with E-state index in [0.717, 1.165) is 7.11 Å². The quantitative estimate of drug-likeness (QED) is 0.866. The molecule has 2 aromatic rings. The predicted octanol–water partition coefficient (Wildman–Crippen LogP) is 2.90. The Morgan fingerprint density at radius 2 is 1.79 bits per heavy atom. The summed E-state index contributed by atoms with van der Waals surface area (Å²) in [6.07, 6.45) is -0.866. The Balaban J connectivity index is 2.08. The Hall–Kier alpha value is -2.87. The SMILES string of the molecule is CCOc1ccc(C(=O)Nc2sccc2C(=O)NC(=O)OC)cc1. The number of carbonyl (C=O) groups excluding carboxylic acids is 3. The molecule has 0 aliphatic carbocycles. The second-order valence-corrected chi connectivity index (χ2v) is 5.44. The van der Waals surface area contributed by atoms with Crippen molar-refractivity contribution in [3.63, 3.8) is 0 Å². The highest BCUT2D eigenvalue weighted by Crippen LogP contribution is 2.24. The summed E-state index contributed by atoms with van der Waals surface area (Å²) in [5.41, 5.74) is 0.607. The van der Waals surface area contributed by atoms with E-state index in [1.165, 1.54) is 17.4 Å². The van der Waals surface area contributed by atoms with Crippen LogP contribution in [0.2, 0.25) is 0 Å². The van der Waals surface area contributed by atoms with E-state index in [4.69, 9.17) is 4.74 Å². The van der Waals surface area contributed by atoms with Crippen LogP contribution in [0.25, 0.3) is 0 Å². The highest BCUT2D eigenvalue weighted by Gasteiger charge is 2.18. The Morgan fingerprint density at radius 1 is 1.08 bits per heavy atom. The van der Waals surface area contributed by atoms with E-state index in [1.54, 1.807) is 29.6 Å². The Labute approximate surface area is 142 Å². The molecule has 1 heterocycles. The lowest BCUT2D eigenvalue weighted by Gasteiger charge is -2.07. The van der Waals surface area contributed by atoms with Crippen molar-refractivity contribution >= 4 is 34.2 Å². The van der Waals surface area contributed by atoms with Crippen molar-refractivity contribution in [3.8, 4) is 5.75 Å².